The highest BCUT2D eigenvalue weighted by atomic mass is 32.2. The molecule has 0 saturated heterocycles. The number of benzene rings is 2. The van der Waals surface area contributed by atoms with Crippen molar-refractivity contribution < 1.29 is 37.8 Å². The van der Waals surface area contributed by atoms with Crippen molar-refractivity contribution in [1.82, 2.24) is 0 Å². The second-order valence-electron chi connectivity index (χ2n) is 9.11. The minimum atomic E-state index is -2.27. The number of carbonyl (C=O) groups is 3. The fourth-order valence-corrected chi connectivity index (χ4v) is 4.75. The Kier molecular flexibility index (Phi) is 10.6. The van der Waals surface area contributed by atoms with Crippen molar-refractivity contribution in [3.8, 4) is 5.75 Å². The summed E-state index contributed by atoms with van der Waals surface area (Å²) in [6, 6.07) is 10.6. The largest absolute Gasteiger partial charge is 0.493 e. The van der Waals surface area contributed by atoms with Gasteiger partial charge in [-0.25, -0.2) is 4.79 Å². The molecule has 0 heterocycles. The van der Waals surface area contributed by atoms with Crippen molar-refractivity contribution in [3.05, 3.63) is 101 Å². The Hall–Kier alpha value is -4.24. The number of aliphatic carboxylic acids is 1. The summed E-state index contributed by atoms with van der Waals surface area (Å²) in [5, 5.41) is 18.3. The fourth-order valence-electron chi connectivity index (χ4n) is 4.09. The van der Waals surface area contributed by atoms with E-state index in [0.717, 1.165) is 24.8 Å². The molecule has 0 saturated carbocycles. The quantitative estimate of drug-likeness (QED) is 0.155. The molecule has 1 aliphatic rings. The highest BCUT2D eigenvalue weighted by Gasteiger charge is 2.16. The molecular weight excluding hydrogens is 520 g/mol. The molecule has 1 aliphatic carbocycles. The van der Waals surface area contributed by atoms with Crippen LogP contribution >= 0.6 is 0 Å². The molecule has 204 valence electrons. The summed E-state index contributed by atoms with van der Waals surface area (Å²) in [5.41, 5.74) is 2.01. The van der Waals surface area contributed by atoms with Crippen molar-refractivity contribution in [2.45, 2.75) is 39.0 Å². The van der Waals surface area contributed by atoms with Crippen LogP contribution in [0, 0.1) is 5.92 Å². The van der Waals surface area contributed by atoms with Gasteiger partial charge in [-0.3, -0.25) is 9.59 Å². The van der Waals surface area contributed by atoms with E-state index in [-0.39, 0.29) is 35.7 Å². The van der Waals surface area contributed by atoms with Gasteiger partial charge in [-0.05, 0) is 74.6 Å². The summed E-state index contributed by atoms with van der Waals surface area (Å²) in [6.45, 7) is 2.23. The average Bonchev–Trinajstić information content (AvgIpc) is 2.91. The third-order valence-electron chi connectivity index (χ3n) is 6.13. The standard InChI is InChI=1S/C30H30O8S/c1-20-10-11-21(27(17-20)39(36)37)7-4-2-3-5-16-38-26-14-12-24(18-22(26)13-15-28(31)32)29(33)23-8-6-9-25(19-23)30(34)35/h4,6-12,14,17-19,21H,2-3,5,13,15-16H2,1H3,(H,31,32)(H,34,35). The second-order valence-corrected chi connectivity index (χ2v) is 10.1. The number of unbranched alkanes of at least 4 members (excludes halogenated alkanes) is 2. The lowest BCUT2D eigenvalue weighted by Crippen LogP contribution is -2.11. The van der Waals surface area contributed by atoms with E-state index in [1.54, 1.807) is 24.3 Å². The van der Waals surface area contributed by atoms with E-state index >= 15 is 0 Å². The van der Waals surface area contributed by atoms with Crippen LogP contribution in [0.5, 0.6) is 5.75 Å². The predicted molar refractivity (Wildman–Crippen MR) is 148 cm³/mol. The number of hydrogen-bond acceptors (Lipinski definition) is 6. The normalized spacial score (nSPS) is 14.7. The Bertz CT molecular complexity index is 1470. The van der Waals surface area contributed by atoms with Gasteiger partial charge in [0, 0.05) is 23.5 Å². The predicted octanol–water partition coefficient (Wildman–Crippen LogP) is 4.92. The zero-order valence-electron chi connectivity index (χ0n) is 21.5. The van der Waals surface area contributed by atoms with Crippen LogP contribution in [0.2, 0.25) is 0 Å². The van der Waals surface area contributed by atoms with Gasteiger partial charge in [0.25, 0.3) is 0 Å². The van der Waals surface area contributed by atoms with Gasteiger partial charge in [-0.15, -0.1) is 0 Å². The topological polar surface area (TPSA) is 135 Å². The van der Waals surface area contributed by atoms with Gasteiger partial charge in [0.05, 0.1) is 17.0 Å². The second kappa shape index (κ2) is 14.1. The molecule has 0 amide bonds. The number of carbonyl (C=O) groups excluding carboxylic acids is 1. The van der Waals surface area contributed by atoms with Crippen LogP contribution in [0.1, 0.15) is 64.4 Å². The Morgan fingerprint density at radius 2 is 1.74 bits per heavy atom. The van der Waals surface area contributed by atoms with Gasteiger partial charge in [0.1, 0.15) is 5.75 Å². The van der Waals surface area contributed by atoms with Crippen LogP contribution in [0.3, 0.4) is 0 Å². The van der Waals surface area contributed by atoms with Crippen molar-refractivity contribution in [2.75, 3.05) is 6.61 Å². The van der Waals surface area contributed by atoms with E-state index in [2.05, 4.69) is 0 Å². The molecule has 0 fully saturated rings. The molecule has 1 atom stereocenters. The lowest BCUT2D eigenvalue weighted by molar-refractivity contribution is -0.136. The van der Waals surface area contributed by atoms with Crippen LogP contribution in [-0.2, 0) is 21.5 Å². The molecule has 8 nitrogen and oxygen atoms in total. The first-order valence-electron chi connectivity index (χ1n) is 12.5. The highest BCUT2D eigenvalue weighted by molar-refractivity contribution is 7.73. The van der Waals surface area contributed by atoms with E-state index in [0.29, 0.717) is 28.3 Å². The van der Waals surface area contributed by atoms with Crippen molar-refractivity contribution in [1.29, 1.82) is 0 Å². The number of hydrogen-bond donors (Lipinski definition) is 2. The highest BCUT2D eigenvalue weighted by Crippen LogP contribution is 2.24. The van der Waals surface area contributed by atoms with Gasteiger partial charge < -0.3 is 14.9 Å². The minimum absolute atomic E-state index is 0.00263. The molecule has 0 aliphatic heterocycles. The summed E-state index contributed by atoms with van der Waals surface area (Å²) in [5.74, 6) is -2.25. The van der Waals surface area contributed by atoms with Gasteiger partial charge in [0.15, 0.2) is 5.78 Å². The molecule has 2 aromatic rings. The Morgan fingerprint density at radius 3 is 2.46 bits per heavy atom. The first-order valence-corrected chi connectivity index (χ1v) is 13.6. The maximum atomic E-state index is 13.0. The molecule has 3 rings (SSSR count). The average molecular weight is 551 g/mol. The van der Waals surface area contributed by atoms with Crippen molar-refractivity contribution in [2.24, 2.45) is 5.92 Å². The van der Waals surface area contributed by atoms with E-state index in [1.807, 2.05) is 31.2 Å². The number of allylic oxidation sites excluding steroid dienone is 6. The first-order chi connectivity index (χ1) is 18.7. The van der Waals surface area contributed by atoms with E-state index in [1.165, 1.54) is 24.3 Å². The smallest absolute Gasteiger partial charge is 0.335 e. The third-order valence-corrected chi connectivity index (χ3v) is 6.90. The Morgan fingerprint density at radius 1 is 1.00 bits per heavy atom. The molecule has 2 aromatic carbocycles. The number of ketones is 1. The summed E-state index contributed by atoms with van der Waals surface area (Å²) >= 11 is 0. The zero-order valence-corrected chi connectivity index (χ0v) is 22.3. The molecule has 9 heteroatoms. The molecule has 1 unspecified atom stereocenters. The zero-order chi connectivity index (χ0) is 28.4. The van der Waals surface area contributed by atoms with Gasteiger partial charge in [0.2, 0.25) is 10.3 Å². The maximum Gasteiger partial charge on any atom is 0.335 e. The lowest BCUT2D eigenvalue weighted by Gasteiger charge is -2.13. The summed E-state index contributed by atoms with van der Waals surface area (Å²) in [7, 11) is -2.27. The number of aryl methyl sites for hydroxylation is 1. The lowest BCUT2D eigenvalue weighted by atomic mass is 9.96. The minimum Gasteiger partial charge on any atom is -0.493 e. The molecule has 2 N–H and O–H groups in total. The molecule has 0 aromatic heterocycles. The number of carboxylic acid groups (broad SMARTS) is 2. The van der Waals surface area contributed by atoms with Crippen LogP contribution < -0.4 is 4.74 Å². The van der Waals surface area contributed by atoms with Crippen molar-refractivity contribution in [3.63, 3.8) is 0 Å². The van der Waals surface area contributed by atoms with Crippen molar-refractivity contribution >= 4 is 32.9 Å². The summed E-state index contributed by atoms with van der Waals surface area (Å²) < 4.78 is 28.8. The monoisotopic (exact) mass is 550 g/mol. The summed E-state index contributed by atoms with van der Waals surface area (Å²) in [4.78, 5) is 35.7. The fraction of sp³-hybridized carbons (Fsp3) is 0.267. The Labute approximate surface area is 228 Å². The van der Waals surface area contributed by atoms with Crippen LogP contribution in [0.15, 0.2) is 78.4 Å². The number of carboxylic acids is 2. The molecular formula is C30H30O8S. The maximum absolute atomic E-state index is 13.0. The molecule has 0 bridgehead atoms. The molecule has 0 radical (unpaired) electrons. The van der Waals surface area contributed by atoms with Gasteiger partial charge in [-0.2, -0.15) is 8.42 Å². The summed E-state index contributed by atoms with van der Waals surface area (Å²) in [6.07, 6.45) is 11.5. The number of aromatic carboxylic acids is 1. The van der Waals surface area contributed by atoms with Gasteiger partial charge in [-0.1, -0.05) is 42.0 Å². The molecule has 39 heavy (non-hydrogen) atoms. The van der Waals surface area contributed by atoms with Gasteiger partial charge >= 0.3 is 11.9 Å². The first kappa shape index (κ1) is 29.3. The van der Waals surface area contributed by atoms with E-state index in [9.17, 15) is 27.9 Å². The number of ether oxygens (including phenoxy) is 1. The SMILES string of the molecule is CC1=CC(=S(=O)=O)C(C=CCCCCOc2ccc(C(=O)c3cccc(C(=O)O)c3)cc2CCC(=O)O)C=C1. The van der Waals surface area contributed by atoms with Crippen LogP contribution in [0.4, 0.5) is 0 Å². The van der Waals surface area contributed by atoms with Crippen LogP contribution in [0.25, 0.3) is 0 Å². The Balaban J connectivity index is 1.60. The van der Waals surface area contributed by atoms with E-state index < -0.39 is 22.2 Å². The van der Waals surface area contributed by atoms with E-state index in [4.69, 9.17) is 9.84 Å². The van der Waals surface area contributed by atoms with Crippen LogP contribution in [-0.4, -0.2) is 47.8 Å². The third kappa shape index (κ3) is 8.65. The number of rotatable bonds is 13. The molecule has 0 spiro atoms.